The molecule has 0 amide bonds. The lowest BCUT2D eigenvalue weighted by atomic mass is 9.96. The Hall–Kier alpha value is -0.160. The lowest BCUT2D eigenvalue weighted by Gasteiger charge is -2.50. The normalized spacial score (nSPS) is 27.6. The minimum absolute atomic E-state index is 0.151. The summed E-state index contributed by atoms with van der Waals surface area (Å²) in [5.74, 6) is 0. The molecule has 1 aliphatic heterocycles. The van der Waals surface area contributed by atoms with Gasteiger partial charge in [-0.2, -0.15) is 0 Å². The van der Waals surface area contributed by atoms with E-state index in [4.69, 9.17) is 0 Å². The predicted octanol–water partition coefficient (Wildman–Crippen LogP) is -0.0651. The quantitative estimate of drug-likeness (QED) is 0.731. The van der Waals surface area contributed by atoms with Crippen LogP contribution in [-0.2, 0) is 0 Å². The molecule has 96 valence electrons. The number of aliphatic hydroxyl groups is 1. The molecular weight excluding hydrogens is 202 g/mol. The number of likely N-dealkylation sites (N-methyl/N-ethyl adjacent to an activating group) is 2. The van der Waals surface area contributed by atoms with Crippen LogP contribution in [0.5, 0.6) is 0 Å². The van der Waals surface area contributed by atoms with E-state index in [1.54, 1.807) is 0 Å². The molecule has 1 rings (SSSR count). The third-order valence-electron chi connectivity index (χ3n) is 3.66. The summed E-state index contributed by atoms with van der Waals surface area (Å²) >= 11 is 0. The lowest BCUT2D eigenvalue weighted by molar-refractivity contribution is -0.0279. The first-order valence-electron chi connectivity index (χ1n) is 6.07. The van der Waals surface area contributed by atoms with Crippen LogP contribution >= 0.6 is 0 Å². The maximum absolute atomic E-state index is 9.41. The predicted molar refractivity (Wildman–Crippen MR) is 67.7 cm³/mol. The summed E-state index contributed by atoms with van der Waals surface area (Å²) in [6, 6.07) is 0.269. The van der Waals surface area contributed by atoms with E-state index >= 15 is 0 Å². The Balaban J connectivity index is 2.56. The third kappa shape index (κ3) is 3.42. The number of hydrogen-bond acceptors (Lipinski definition) is 4. The van der Waals surface area contributed by atoms with Gasteiger partial charge in [0.15, 0.2) is 0 Å². The van der Waals surface area contributed by atoms with E-state index < -0.39 is 0 Å². The topological polar surface area (TPSA) is 30.0 Å². The summed E-state index contributed by atoms with van der Waals surface area (Å²) in [5.41, 5.74) is 0.151. The van der Waals surface area contributed by atoms with Gasteiger partial charge >= 0.3 is 0 Å². The summed E-state index contributed by atoms with van der Waals surface area (Å²) in [5, 5.41) is 9.41. The molecule has 4 heteroatoms. The number of piperazine rings is 1. The molecule has 0 aromatic rings. The molecule has 1 aliphatic rings. The monoisotopic (exact) mass is 229 g/mol. The zero-order chi connectivity index (χ0) is 12.3. The van der Waals surface area contributed by atoms with Gasteiger partial charge in [-0.3, -0.25) is 9.80 Å². The maximum atomic E-state index is 9.41. The van der Waals surface area contributed by atoms with Crippen LogP contribution in [0.1, 0.15) is 13.8 Å². The number of rotatable bonds is 4. The highest BCUT2D eigenvalue weighted by Gasteiger charge is 2.36. The molecular formula is C12H27N3O. The fourth-order valence-electron chi connectivity index (χ4n) is 2.33. The van der Waals surface area contributed by atoms with E-state index in [0.717, 1.165) is 26.2 Å². The Morgan fingerprint density at radius 3 is 2.50 bits per heavy atom. The van der Waals surface area contributed by atoms with Crippen molar-refractivity contribution in [2.45, 2.75) is 25.4 Å². The number of nitrogens with zero attached hydrogens (tertiary/aromatic N) is 3. The van der Waals surface area contributed by atoms with Gasteiger partial charge in [0.25, 0.3) is 0 Å². The second-order valence-corrected chi connectivity index (χ2v) is 5.80. The van der Waals surface area contributed by atoms with Crippen molar-refractivity contribution in [2.24, 2.45) is 0 Å². The zero-order valence-corrected chi connectivity index (χ0v) is 11.4. The molecule has 1 unspecified atom stereocenters. The van der Waals surface area contributed by atoms with Crippen LogP contribution in [0.3, 0.4) is 0 Å². The molecule has 1 atom stereocenters. The number of hydrogen-bond donors (Lipinski definition) is 1. The van der Waals surface area contributed by atoms with Crippen LogP contribution in [-0.4, -0.2) is 85.3 Å². The van der Waals surface area contributed by atoms with Crippen LogP contribution in [0, 0.1) is 0 Å². The van der Waals surface area contributed by atoms with E-state index in [2.05, 4.69) is 49.7 Å². The van der Waals surface area contributed by atoms with Gasteiger partial charge in [-0.1, -0.05) is 0 Å². The second kappa shape index (κ2) is 5.45. The van der Waals surface area contributed by atoms with Gasteiger partial charge in [0.2, 0.25) is 0 Å². The maximum Gasteiger partial charge on any atom is 0.0599 e. The molecule has 1 saturated heterocycles. The van der Waals surface area contributed by atoms with Crippen molar-refractivity contribution in [3.05, 3.63) is 0 Å². The molecule has 1 heterocycles. The van der Waals surface area contributed by atoms with E-state index in [0.29, 0.717) is 0 Å². The van der Waals surface area contributed by atoms with Gasteiger partial charge in [0, 0.05) is 37.8 Å². The van der Waals surface area contributed by atoms with Gasteiger partial charge in [0.05, 0.1) is 6.61 Å². The van der Waals surface area contributed by atoms with Crippen molar-refractivity contribution < 1.29 is 5.11 Å². The van der Waals surface area contributed by atoms with E-state index in [9.17, 15) is 5.11 Å². The van der Waals surface area contributed by atoms with Crippen molar-refractivity contribution in [3.63, 3.8) is 0 Å². The Morgan fingerprint density at radius 1 is 1.38 bits per heavy atom. The van der Waals surface area contributed by atoms with Gasteiger partial charge < -0.3 is 10.0 Å². The smallest absolute Gasteiger partial charge is 0.0599 e. The minimum atomic E-state index is 0.151. The minimum Gasteiger partial charge on any atom is -0.395 e. The van der Waals surface area contributed by atoms with Gasteiger partial charge in [-0.15, -0.1) is 0 Å². The molecule has 0 aliphatic carbocycles. The van der Waals surface area contributed by atoms with E-state index in [1.807, 2.05) is 0 Å². The van der Waals surface area contributed by atoms with Gasteiger partial charge in [0.1, 0.15) is 0 Å². The third-order valence-corrected chi connectivity index (χ3v) is 3.66. The molecule has 0 bridgehead atoms. The first-order chi connectivity index (χ1) is 7.36. The Labute approximate surface area is 99.8 Å². The summed E-state index contributed by atoms with van der Waals surface area (Å²) in [6.07, 6.45) is 0. The SMILES string of the molecule is CN(C)CCN1CC(CO)N(C)C(C)(C)C1. The molecule has 0 spiro atoms. The fourth-order valence-corrected chi connectivity index (χ4v) is 2.33. The summed E-state index contributed by atoms with van der Waals surface area (Å²) in [7, 11) is 6.32. The second-order valence-electron chi connectivity index (χ2n) is 5.80. The van der Waals surface area contributed by atoms with Crippen LogP contribution in [0.4, 0.5) is 0 Å². The molecule has 0 saturated carbocycles. The summed E-state index contributed by atoms with van der Waals surface area (Å²) in [6.45, 7) is 8.96. The Morgan fingerprint density at radius 2 is 2.00 bits per heavy atom. The summed E-state index contributed by atoms with van der Waals surface area (Å²) < 4.78 is 0. The van der Waals surface area contributed by atoms with E-state index in [-0.39, 0.29) is 18.2 Å². The highest BCUT2D eigenvalue weighted by atomic mass is 16.3. The molecule has 1 fully saturated rings. The average Bonchev–Trinajstić information content (AvgIpc) is 2.19. The largest absolute Gasteiger partial charge is 0.395 e. The lowest BCUT2D eigenvalue weighted by Crippen LogP contribution is -2.63. The number of aliphatic hydroxyl groups excluding tert-OH is 1. The Bertz CT molecular complexity index is 218. The molecule has 4 nitrogen and oxygen atoms in total. The van der Waals surface area contributed by atoms with Crippen molar-refractivity contribution in [3.8, 4) is 0 Å². The molecule has 0 radical (unpaired) electrons. The summed E-state index contributed by atoms with van der Waals surface area (Å²) in [4.78, 5) is 6.97. The fraction of sp³-hybridized carbons (Fsp3) is 1.00. The molecule has 1 N–H and O–H groups in total. The molecule has 16 heavy (non-hydrogen) atoms. The van der Waals surface area contributed by atoms with Crippen molar-refractivity contribution in [1.29, 1.82) is 0 Å². The van der Waals surface area contributed by atoms with Crippen molar-refractivity contribution in [1.82, 2.24) is 14.7 Å². The highest BCUT2D eigenvalue weighted by Crippen LogP contribution is 2.22. The van der Waals surface area contributed by atoms with Crippen molar-refractivity contribution in [2.75, 3.05) is 53.9 Å². The van der Waals surface area contributed by atoms with Crippen LogP contribution in [0.25, 0.3) is 0 Å². The van der Waals surface area contributed by atoms with Gasteiger partial charge in [-0.25, -0.2) is 0 Å². The average molecular weight is 229 g/mol. The Kier molecular flexibility index (Phi) is 4.73. The highest BCUT2D eigenvalue weighted by molar-refractivity contribution is 4.93. The molecule has 0 aromatic carbocycles. The first kappa shape index (κ1) is 13.9. The van der Waals surface area contributed by atoms with Crippen LogP contribution in [0.2, 0.25) is 0 Å². The van der Waals surface area contributed by atoms with Crippen LogP contribution < -0.4 is 0 Å². The molecule has 0 aromatic heterocycles. The first-order valence-corrected chi connectivity index (χ1v) is 6.07. The van der Waals surface area contributed by atoms with Gasteiger partial charge in [-0.05, 0) is 35.0 Å². The van der Waals surface area contributed by atoms with Crippen molar-refractivity contribution >= 4 is 0 Å². The van der Waals surface area contributed by atoms with E-state index in [1.165, 1.54) is 0 Å². The standard InChI is InChI=1S/C12H27N3O/c1-12(2)10-15(7-6-13(3)4)8-11(9-16)14(12)5/h11,16H,6-10H2,1-5H3. The van der Waals surface area contributed by atoms with Crippen LogP contribution in [0.15, 0.2) is 0 Å². The zero-order valence-electron chi connectivity index (χ0n) is 11.4.